The third kappa shape index (κ3) is 68.7. The molecule has 0 aliphatic heterocycles. The zero-order valence-electron chi connectivity index (χ0n) is 55.8. The van der Waals surface area contributed by atoms with Crippen LogP contribution in [0.25, 0.3) is 0 Å². The second kappa shape index (κ2) is 71.4. The maximum absolute atomic E-state index is 12.9. The van der Waals surface area contributed by atoms with Crippen molar-refractivity contribution < 1.29 is 28.6 Å². The lowest BCUT2D eigenvalue weighted by Gasteiger charge is -2.18. The Bertz CT molecular complexity index is 1320. The Morgan fingerprint density at radius 3 is 0.646 bits per heavy atom. The molecule has 0 amide bonds. The Balaban J connectivity index is 4.11. The van der Waals surface area contributed by atoms with E-state index in [0.29, 0.717) is 19.3 Å². The van der Waals surface area contributed by atoms with E-state index in [9.17, 15) is 14.4 Å². The molecule has 0 aliphatic rings. The van der Waals surface area contributed by atoms with Crippen LogP contribution in [0.1, 0.15) is 425 Å². The van der Waals surface area contributed by atoms with Crippen molar-refractivity contribution in [2.75, 3.05) is 13.2 Å². The van der Waals surface area contributed by atoms with E-state index in [1.807, 2.05) is 0 Å². The SMILES string of the molecule is CCCC/C=C\CCCCCCCC(=O)OCC(COC(=O)CCCCCCCCCCCCCCCCCCCCCCCCCCCCCCCC)OC(=O)CCCCCCCCCCCCC/C=C\CCCCCCCCCC. The van der Waals surface area contributed by atoms with Gasteiger partial charge in [-0.15, -0.1) is 0 Å². The van der Waals surface area contributed by atoms with E-state index in [1.54, 1.807) is 0 Å². The van der Waals surface area contributed by atoms with Crippen LogP contribution < -0.4 is 0 Å². The molecule has 0 fully saturated rings. The molecule has 6 nitrogen and oxygen atoms in total. The highest BCUT2D eigenvalue weighted by atomic mass is 16.6. The molecule has 0 saturated carbocycles. The minimum atomic E-state index is -0.773. The van der Waals surface area contributed by atoms with Gasteiger partial charge in [0.25, 0.3) is 0 Å². The molecule has 484 valence electrons. The van der Waals surface area contributed by atoms with Gasteiger partial charge in [0.1, 0.15) is 13.2 Å². The van der Waals surface area contributed by atoms with E-state index >= 15 is 0 Å². The van der Waals surface area contributed by atoms with Gasteiger partial charge in [0.2, 0.25) is 0 Å². The van der Waals surface area contributed by atoms with Gasteiger partial charge in [-0.2, -0.15) is 0 Å². The molecular formula is C76H144O6. The fraction of sp³-hybridized carbons (Fsp3) is 0.908. The molecule has 0 aliphatic carbocycles. The smallest absolute Gasteiger partial charge is 0.306 e. The van der Waals surface area contributed by atoms with Gasteiger partial charge in [-0.25, -0.2) is 0 Å². The molecule has 6 heteroatoms. The predicted octanol–water partition coefficient (Wildman–Crippen LogP) is 25.7. The van der Waals surface area contributed by atoms with Crippen molar-refractivity contribution in [3.63, 3.8) is 0 Å². The molecule has 82 heavy (non-hydrogen) atoms. The van der Waals surface area contributed by atoms with Gasteiger partial charge in [-0.3, -0.25) is 14.4 Å². The second-order valence-electron chi connectivity index (χ2n) is 25.6. The highest BCUT2D eigenvalue weighted by Crippen LogP contribution is 2.19. The summed E-state index contributed by atoms with van der Waals surface area (Å²) in [4.78, 5) is 38.4. The summed E-state index contributed by atoms with van der Waals surface area (Å²) in [6.45, 7) is 6.68. The number of carbonyl (C=O) groups is 3. The quantitative estimate of drug-likeness (QED) is 0.0261. The molecule has 0 spiro atoms. The third-order valence-corrected chi connectivity index (χ3v) is 17.2. The summed E-state index contributed by atoms with van der Waals surface area (Å²) in [5.41, 5.74) is 0. The van der Waals surface area contributed by atoms with Crippen LogP contribution in [-0.2, 0) is 28.6 Å². The van der Waals surface area contributed by atoms with Crippen LogP contribution in [0.2, 0.25) is 0 Å². The lowest BCUT2D eigenvalue weighted by atomic mass is 10.0. The largest absolute Gasteiger partial charge is 0.462 e. The lowest BCUT2D eigenvalue weighted by molar-refractivity contribution is -0.167. The van der Waals surface area contributed by atoms with Gasteiger partial charge in [-0.1, -0.05) is 366 Å². The first kappa shape index (κ1) is 79.9. The van der Waals surface area contributed by atoms with Crippen molar-refractivity contribution in [3.05, 3.63) is 24.3 Å². The number of hydrogen-bond donors (Lipinski definition) is 0. The molecule has 0 rings (SSSR count). The molecule has 0 radical (unpaired) electrons. The van der Waals surface area contributed by atoms with Crippen LogP contribution in [0.4, 0.5) is 0 Å². The van der Waals surface area contributed by atoms with E-state index < -0.39 is 6.10 Å². The first-order valence-electron chi connectivity index (χ1n) is 37.3. The lowest BCUT2D eigenvalue weighted by Crippen LogP contribution is -2.30. The number of carbonyl (C=O) groups excluding carboxylic acids is 3. The van der Waals surface area contributed by atoms with E-state index in [2.05, 4.69) is 45.1 Å². The van der Waals surface area contributed by atoms with Gasteiger partial charge < -0.3 is 14.2 Å². The Labute approximate surface area is 513 Å². The molecule has 0 aromatic carbocycles. The Morgan fingerprint density at radius 1 is 0.232 bits per heavy atom. The molecule has 0 aromatic heterocycles. The van der Waals surface area contributed by atoms with Crippen molar-refractivity contribution in [1.29, 1.82) is 0 Å². The normalized spacial score (nSPS) is 12.1. The summed E-state index contributed by atoms with van der Waals surface area (Å²) in [6, 6.07) is 0. The maximum atomic E-state index is 12.9. The van der Waals surface area contributed by atoms with Crippen molar-refractivity contribution in [2.45, 2.75) is 431 Å². The van der Waals surface area contributed by atoms with Crippen molar-refractivity contribution in [2.24, 2.45) is 0 Å². The minimum absolute atomic E-state index is 0.0687. The first-order valence-corrected chi connectivity index (χ1v) is 37.3. The first-order chi connectivity index (χ1) is 40.5. The fourth-order valence-electron chi connectivity index (χ4n) is 11.5. The minimum Gasteiger partial charge on any atom is -0.462 e. The zero-order chi connectivity index (χ0) is 59.2. The molecule has 1 unspecified atom stereocenters. The maximum Gasteiger partial charge on any atom is 0.306 e. The van der Waals surface area contributed by atoms with Crippen LogP contribution >= 0.6 is 0 Å². The predicted molar refractivity (Wildman–Crippen MR) is 358 cm³/mol. The number of ether oxygens (including phenoxy) is 3. The average molecular weight is 1150 g/mol. The Morgan fingerprint density at radius 2 is 0.415 bits per heavy atom. The van der Waals surface area contributed by atoms with Gasteiger partial charge in [0, 0.05) is 19.3 Å². The Kier molecular flexibility index (Phi) is 69.5. The van der Waals surface area contributed by atoms with Crippen LogP contribution in [-0.4, -0.2) is 37.2 Å². The van der Waals surface area contributed by atoms with E-state index in [0.717, 1.165) is 64.2 Å². The van der Waals surface area contributed by atoms with Crippen LogP contribution in [0.15, 0.2) is 24.3 Å². The highest BCUT2D eigenvalue weighted by molar-refractivity contribution is 5.71. The summed E-state index contributed by atoms with van der Waals surface area (Å²) < 4.78 is 17.0. The topological polar surface area (TPSA) is 78.9 Å². The van der Waals surface area contributed by atoms with E-state index in [-0.39, 0.29) is 31.1 Å². The van der Waals surface area contributed by atoms with Gasteiger partial charge in [-0.05, 0) is 64.2 Å². The number of hydrogen-bond acceptors (Lipinski definition) is 6. The van der Waals surface area contributed by atoms with Crippen molar-refractivity contribution >= 4 is 17.9 Å². The highest BCUT2D eigenvalue weighted by Gasteiger charge is 2.20. The third-order valence-electron chi connectivity index (χ3n) is 17.2. The molecule has 0 N–H and O–H groups in total. The zero-order valence-corrected chi connectivity index (χ0v) is 55.8. The summed E-state index contributed by atoms with van der Waals surface area (Å²) >= 11 is 0. The van der Waals surface area contributed by atoms with E-state index in [1.165, 1.54) is 321 Å². The van der Waals surface area contributed by atoms with Crippen LogP contribution in [0.3, 0.4) is 0 Å². The van der Waals surface area contributed by atoms with Gasteiger partial charge in [0.15, 0.2) is 6.10 Å². The fourth-order valence-corrected chi connectivity index (χ4v) is 11.5. The average Bonchev–Trinajstić information content (AvgIpc) is 3.48. The molecule has 0 aromatic rings. The van der Waals surface area contributed by atoms with Crippen LogP contribution in [0.5, 0.6) is 0 Å². The number of allylic oxidation sites excluding steroid dienone is 4. The summed E-state index contributed by atoms with van der Waals surface area (Å²) in [5, 5.41) is 0. The van der Waals surface area contributed by atoms with Crippen molar-refractivity contribution in [3.8, 4) is 0 Å². The number of unbranched alkanes of at least 4 members (excludes halogenated alkanes) is 55. The molecule has 0 bridgehead atoms. The summed E-state index contributed by atoms with van der Waals surface area (Å²) in [6.07, 6.45) is 88.1. The van der Waals surface area contributed by atoms with Crippen LogP contribution in [0, 0.1) is 0 Å². The number of esters is 3. The Hall–Kier alpha value is -2.11. The molecule has 1 atom stereocenters. The van der Waals surface area contributed by atoms with Gasteiger partial charge >= 0.3 is 17.9 Å². The van der Waals surface area contributed by atoms with E-state index in [4.69, 9.17) is 14.2 Å². The summed E-state index contributed by atoms with van der Waals surface area (Å²) in [7, 11) is 0. The second-order valence-corrected chi connectivity index (χ2v) is 25.6. The van der Waals surface area contributed by atoms with Crippen molar-refractivity contribution in [1.82, 2.24) is 0 Å². The number of rotatable bonds is 70. The molecule has 0 saturated heterocycles. The molecule has 0 heterocycles. The summed E-state index contributed by atoms with van der Waals surface area (Å²) in [5.74, 6) is -0.849. The monoisotopic (exact) mass is 1150 g/mol. The molecular weight excluding hydrogens is 1010 g/mol. The standard InChI is InChI=1S/C76H144O6/c1-4-7-10-13-16-19-22-24-26-28-30-32-34-35-36-37-38-39-40-42-43-45-47-49-51-54-57-60-63-66-69-75(78)81-72-73(71-80-74(77)68-65-62-59-56-53-21-18-15-12-9-6-3)82-76(79)70-67-64-61-58-55-52-50-48-46-44-41-33-31-29-27-25-23-20-17-14-11-8-5-2/h15,18,29,31,73H,4-14,16-17,19-28,30,32-72H2,1-3H3/b18-15-,31-29-. The van der Waals surface area contributed by atoms with Gasteiger partial charge in [0.05, 0.1) is 0 Å².